The Balaban J connectivity index is 1.58. The van der Waals surface area contributed by atoms with Crippen molar-refractivity contribution in [3.63, 3.8) is 0 Å². The number of hydrogen-bond acceptors (Lipinski definition) is 7. The summed E-state index contributed by atoms with van der Waals surface area (Å²) in [7, 11) is 0. The summed E-state index contributed by atoms with van der Waals surface area (Å²) < 4.78 is 12.7. The zero-order valence-electron chi connectivity index (χ0n) is 19.7. The lowest BCUT2D eigenvalue weighted by molar-refractivity contribution is -0.113. The molecule has 0 bridgehead atoms. The fourth-order valence-corrected chi connectivity index (χ4v) is 3.96. The number of esters is 1. The van der Waals surface area contributed by atoms with Gasteiger partial charge in [-0.1, -0.05) is 25.1 Å². The standard InChI is InChI=1S/C25H30N4O4S/c1-4-7-16-33-21-14-10-18(11-15-21)23-27-28-25(29(23)5-2)34-17-22(30)26-20-12-8-19(9-13-20)24(31)32-6-3/h8-15H,4-7,16-17H2,1-3H3,(H,26,30). The largest absolute Gasteiger partial charge is 0.494 e. The van der Waals surface area contributed by atoms with Crippen LogP contribution in [0.5, 0.6) is 5.75 Å². The van der Waals surface area contributed by atoms with E-state index in [0.29, 0.717) is 36.2 Å². The molecule has 0 aliphatic rings. The van der Waals surface area contributed by atoms with Gasteiger partial charge in [-0.15, -0.1) is 10.2 Å². The van der Waals surface area contributed by atoms with E-state index < -0.39 is 0 Å². The van der Waals surface area contributed by atoms with Gasteiger partial charge in [0.2, 0.25) is 5.91 Å². The Morgan fingerprint density at radius 3 is 2.38 bits per heavy atom. The minimum Gasteiger partial charge on any atom is -0.494 e. The summed E-state index contributed by atoms with van der Waals surface area (Å²) in [6, 6.07) is 14.4. The van der Waals surface area contributed by atoms with Gasteiger partial charge >= 0.3 is 5.97 Å². The number of ether oxygens (including phenoxy) is 2. The first kappa shape index (κ1) is 25.3. The number of carbonyl (C=O) groups is 2. The molecular formula is C25H30N4O4S. The Morgan fingerprint density at radius 2 is 1.74 bits per heavy atom. The molecule has 0 unspecified atom stereocenters. The van der Waals surface area contributed by atoms with E-state index in [4.69, 9.17) is 9.47 Å². The molecule has 8 nitrogen and oxygen atoms in total. The average molecular weight is 483 g/mol. The van der Waals surface area contributed by atoms with E-state index in [0.717, 1.165) is 30.0 Å². The summed E-state index contributed by atoms with van der Waals surface area (Å²) in [5, 5.41) is 12.1. The zero-order chi connectivity index (χ0) is 24.3. The number of hydrogen-bond donors (Lipinski definition) is 1. The van der Waals surface area contributed by atoms with Crippen molar-refractivity contribution in [1.82, 2.24) is 14.8 Å². The average Bonchev–Trinajstić information content (AvgIpc) is 3.27. The van der Waals surface area contributed by atoms with Crippen LogP contribution < -0.4 is 10.1 Å². The molecule has 3 rings (SSSR count). The second-order valence-corrected chi connectivity index (χ2v) is 8.35. The molecule has 3 aromatic rings. The van der Waals surface area contributed by atoms with Crippen molar-refractivity contribution in [1.29, 1.82) is 0 Å². The van der Waals surface area contributed by atoms with E-state index >= 15 is 0 Å². The topological polar surface area (TPSA) is 95.3 Å². The normalized spacial score (nSPS) is 10.7. The van der Waals surface area contributed by atoms with E-state index in [1.54, 1.807) is 31.2 Å². The molecule has 1 heterocycles. The van der Waals surface area contributed by atoms with Crippen LogP contribution in [0.15, 0.2) is 53.7 Å². The van der Waals surface area contributed by atoms with Gasteiger partial charge in [0.1, 0.15) is 5.75 Å². The molecule has 1 aromatic heterocycles. The number of rotatable bonds is 12. The van der Waals surface area contributed by atoms with Gasteiger partial charge in [0, 0.05) is 17.8 Å². The molecule has 0 radical (unpaired) electrons. The zero-order valence-corrected chi connectivity index (χ0v) is 20.6. The molecule has 0 spiro atoms. The van der Waals surface area contributed by atoms with Crippen LogP contribution in [0, 0.1) is 0 Å². The number of unbranched alkanes of at least 4 members (excludes halogenated alkanes) is 1. The predicted octanol–water partition coefficient (Wildman–Crippen LogP) is 5.05. The Kier molecular flexibility index (Phi) is 9.51. The highest BCUT2D eigenvalue weighted by Gasteiger charge is 2.15. The van der Waals surface area contributed by atoms with E-state index in [9.17, 15) is 9.59 Å². The number of thioether (sulfide) groups is 1. The van der Waals surface area contributed by atoms with Crippen molar-refractivity contribution in [2.45, 2.75) is 45.3 Å². The molecule has 0 fully saturated rings. The SMILES string of the molecule is CCCCOc1ccc(-c2nnc(SCC(=O)Nc3ccc(C(=O)OCC)cc3)n2CC)cc1. The van der Waals surface area contributed by atoms with Crippen LogP contribution in [0.4, 0.5) is 5.69 Å². The minimum atomic E-state index is -0.385. The molecule has 1 amide bonds. The first-order valence-electron chi connectivity index (χ1n) is 11.4. The lowest BCUT2D eigenvalue weighted by atomic mass is 10.2. The fraction of sp³-hybridized carbons (Fsp3) is 0.360. The van der Waals surface area contributed by atoms with Gasteiger partial charge < -0.3 is 19.4 Å². The quantitative estimate of drug-likeness (QED) is 0.219. The maximum absolute atomic E-state index is 12.4. The van der Waals surface area contributed by atoms with Gasteiger partial charge in [-0.2, -0.15) is 0 Å². The van der Waals surface area contributed by atoms with Crippen LogP contribution >= 0.6 is 11.8 Å². The Bertz CT molecular complexity index is 1080. The van der Waals surface area contributed by atoms with Crippen LogP contribution in [0.25, 0.3) is 11.4 Å². The molecule has 0 aliphatic heterocycles. The summed E-state index contributed by atoms with van der Waals surface area (Å²) in [6.45, 7) is 7.61. The van der Waals surface area contributed by atoms with Crippen LogP contribution in [0.1, 0.15) is 44.0 Å². The van der Waals surface area contributed by atoms with E-state index in [-0.39, 0.29) is 17.6 Å². The number of aromatic nitrogens is 3. The highest BCUT2D eigenvalue weighted by Crippen LogP contribution is 2.26. The predicted molar refractivity (Wildman–Crippen MR) is 133 cm³/mol. The van der Waals surface area contributed by atoms with Crippen molar-refractivity contribution < 1.29 is 19.1 Å². The summed E-state index contributed by atoms with van der Waals surface area (Å²) in [5.41, 5.74) is 1.99. The van der Waals surface area contributed by atoms with Crippen LogP contribution in [0.3, 0.4) is 0 Å². The Morgan fingerprint density at radius 1 is 1.00 bits per heavy atom. The molecule has 0 aliphatic carbocycles. The molecule has 0 saturated heterocycles. The summed E-state index contributed by atoms with van der Waals surface area (Å²) in [4.78, 5) is 24.2. The lowest BCUT2D eigenvalue weighted by Gasteiger charge is -2.09. The first-order chi connectivity index (χ1) is 16.5. The number of nitrogens with zero attached hydrogens (tertiary/aromatic N) is 3. The molecule has 2 aromatic carbocycles. The third-order valence-corrected chi connectivity index (χ3v) is 5.89. The van der Waals surface area contributed by atoms with Gasteiger partial charge in [0.15, 0.2) is 11.0 Å². The second-order valence-electron chi connectivity index (χ2n) is 7.41. The highest BCUT2D eigenvalue weighted by atomic mass is 32.2. The summed E-state index contributed by atoms with van der Waals surface area (Å²) in [6.07, 6.45) is 2.12. The molecule has 9 heteroatoms. The fourth-order valence-electron chi connectivity index (χ4n) is 3.16. The lowest BCUT2D eigenvalue weighted by Crippen LogP contribution is -2.15. The van der Waals surface area contributed by atoms with Crippen molar-refractivity contribution in [2.75, 3.05) is 24.3 Å². The number of carbonyl (C=O) groups excluding carboxylic acids is 2. The summed E-state index contributed by atoms with van der Waals surface area (Å²) >= 11 is 1.32. The number of anilines is 1. The van der Waals surface area contributed by atoms with Crippen LogP contribution in [-0.2, 0) is 16.1 Å². The second kappa shape index (κ2) is 12.8. The van der Waals surface area contributed by atoms with E-state index in [2.05, 4.69) is 22.4 Å². The Hall–Kier alpha value is -3.33. The molecule has 180 valence electrons. The number of nitrogens with one attached hydrogen (secondary N) is 1. The molecular weight excluding hydrogens is 452 g/mol. The Labute approximate surface area is 204 Å². The van der Waals surface area contributed by atoms with Crippen LogP contribution in [-0.4, -0.2) is 45.6 Å². The van der Waals surface area contributed by atoms with Crippen molar-refractivity contribution >= 4 is 29.3 Å². The number of benzene rings is 2. The van der Waals surface area contributed by atoms with Gasteiger partial charge in [-0.05, 0) is 68.8 Å². The maximum Gasteiger partial charge on any atom is 0.338 e. The molecule has 34 heavy (non-hydrogen) atoms. The van der Waals surface area contributed by atoms with Gasteiger partial charge in [0.25, 0.3) is 0 Å². The molecule has 0 saturated carbocycles. The van der Waals surface area contributed by atoms with Crippen molar-refractivity contribution in [3.05, 3.63) is 54.1 Å². The minimum absolute atomic E-state index is 0.172. The summed E-state index contributed by atoms with van der Waals surface area (Å²) in [5.74, 6) is 1.21. The van der Waals surface area contributed by atoms with Gasteiger partial charge in [-0.25, -0.2) is 4.79 Å². The van der Waals surface area contributed by atoms with Crippen molar-refractivity contribution in [3.8, 4) is 17.1 Å². The molecule has 1 N–H and O–H groups in total. The smallest absolute Gasteiger partial charge is 0.338 e. The van der Waals surface area contributed by atoms with Crippen LogP contribution in [0.2, 0.25) is 0 Å². The highest BCUT2D eigenvalue weighted by molar-refractivity contribution is 7.99. The first-order valence-corrected chi connectivity index (χ1v) is 12.4. The number of amides is 1. The van der Waals surface area contributed by atoms with E-state index in [1.165, 1.54) is 11.8 Å². The maximum atomic E-state index is 12.4. The van der Waals surface area contributed by atoms with Gasteiger partial charge in [0.05, 0.1) is 24.5 Å². The third-order valence-electron chi connectivity index (χ3n) is 4.92. The third kappa shape index (κ3) is 6.84. The van der Waals surface area contributed by atoms with E-state index in [1.807, 2.05) is 35.8 Å². The van der Waals surface area contributed by atoms with Crippen molar-refractivity contribution in [2.24, 2.45) is 0 Å². The molecule has 0 atom stereocenters. The monoisotopic (exact) mass is 482 g/mol. The van der Waals surface area contributed by atoms with Gasteiger partial charge in [-0.3, -0.25) is 4.79 Å².